The summed E-state index contributed by atoms with van der Waals surface area (Å²) in [6.45, 7) is 1.91. The first kappa shape index (κ1) is 15.3. The Kier molecular flexibility index (Phi) is 3.45. The van der Waals surface area contributed by atoms with Gasteiger partial charge in [0.2, 0.25) is 15.7 Å². The molecular formula is C16H18N4O3S. The van der Waals surface area contributed by atoms with Crippen LogP contribution in [0.4, 0.5) is 5.69 Å². The number of hydrogen-bond donors (Lipinski definition) is 1. The molecule has 1 aromatic heterocycles. The summed E-state index contributed by atoms with van der Waals surface area (Å²) in [5, 5.41) is 5.02. The average Bonchev–Trinajstić information content (AvgIpc) is 3.15. The Labute approximate surface area is 140 Å². The molecule has 2 heterocycles. The molecule has 2 aromatic rings. The SMILES string of the molecule is C[C@@H](C(=O)N1CCc2ccccc21)S(=O)(=O)c1n[nH]c(C2CC2)n1. The van der Waals surface area contributed by atoms with Crippen molar-refractivity contribution in [3.63, 3.8) is 0 Å². The molecule has 7 nitrogen and oxygen atoms in total. The molecule has 1 aliphatic heterocycles. The standard InChI is InChI=1S/C16H18N4O3S/c1-10(15(21)20-9-8-11-4-2-3-5-13(11)20)24(22,23)16-17-14(18-19-16)12-6-7-12/h2-5,10,12H,6-9H2,1H3,(H,17,18,19)/t10-/m0/s1. The van der Waals surface area contributed by atoms with Gasteiger partial charge in [0, 0.05) is 18.2 Å². The quantitative estimate of drug-likeness (QED) is 0.903. The fourth-order valence-electron chi connectivity index (χ4n) is 3.00. The van der Waals surface area contributed by atoms with E-state index in [9.17, 15) is 13.2 Å². The summed E-state index contributed by atoms with van der Waals surface area (Å²) < 4.78 is 25.4. The van der Waals surface area contributed by atoms with E-state index in [-0.39, 0.29) is 11.1 Å². The summed E-state index contributed by atoms with van der Waals surface area (Å²) in [5.74, 6) is 0.440. The van der Waals surface area contributed by atoms with Gasteiger partial charge in [-0.1, -0.05) is 18.2 Å². The van der Waals surface area contributed by atoms with E-state index >= 15 is 0 Å². The van der Waals surface area contributed by atoms with Crippen molar-refractivity contribution in [2.45, 2.75) is 42.5 Å². The third-order valence-corrected chi connectivity index (χ3v) is 6.49. The van der Waals surface area contributed by atoms with Crippen molar-refractivity contribution in [3.05, 3.63) is 35.7 Å². The summed E-state index contributed by atoms with van der Waals surface area (Å²) in [5.41, 5.74) is 1.85. The zero-order chi connectivity index (χ0) is 16.9. The van der Waals surface area contributed by atoms with E-state index in [2.05, 4.69) is 15.2 Å². The van der Waals surface area contributed by atoms with Gasteiger partial charge in [-0.25, -0.2) is 13.4 Å². The van der Waals surface area contributed by atoms with Gasteiger partial charge in [-0.2, -0.15) is 0 Å². The average molecular weight is 346 g/mol. The first-order valence-corrected chi connectivity index (χ1v) is 9.58. The highest BCUT2D eigenvalue weighted by Gasteiger charge is 2.39. The number of benzene rings is 1. The van der Waals surface area contributed by atoms with E-state index in [4.69, 9.17) is 0 Å². The molecule has 0 saturated heterocycles. The number of carbonyl (C=O) groups excluding carboxylic acids is 1. The number of para-hydroxylation sites is 1. The Morgan fingerprint density at radius 1 is 1.33 bits per heavy atom. The minimum atomic E-state index is -3.91. The smallest absolute Gasteiger partial charge is 0.267 e. The van der Waals surface area contributed by atoms with E-state index < -0.39 is 21.0 Å². The number of aromatic nitrogens is 3. The van der Waals surface area contributed by atoms with E-state index in [1.807, 2.05) is 24.3 Å². The Balaban J connectivity index is 1.60. The highest BCUT2D eigenvalue weighted by molar-refractivity contribution is 7.92. The molecule has 1 aliphatic carbocycles. The molecule has 0 spiro atoms. The predicted octanol–water partition coefficient (Wildman–Crippen LogP) is 1.43. The first-order valence-electron chi connectivity index (χ1n) is 8.04. The molecule has 1 saturated carbocycles. The van der Waals surface area contributed by atoms with Crippen molar-refractivity contribution in [1.29, 1.82) is 0 Å². The summed E-state index contributed by atoms with van der Waals surface area (Å²) in [4.78, 5) is 18.4. The largest absolute Gasteiger partial charge is 0.311 e. The van der Waals surface area contributed by atoms with Gasteiger partial charge in [-0.05, 0) is 37.8 Å². The van der Waals surface area contributed by atoms with Crippen molar-refractivity contribution in [2.24, 2.45) is 0 Å². The van der Waals surface area contributed by atoms with Crippen LogP contribution in [0, 0.1) is 0 Å². The number of H-pyrrole nitrogens is 1. The molecule has 1 fully saturated rings. The summed E-state index contributed by atoms with van der Waals surface area (Å²) >= 11 is 0. The third kappa shape index (κ3) is 2.41. The van der Waals surface area contributed by atoms with Gasteiger partial charge in [0.25, 0.3) is 5.16 Å². The van der Waals surface area contributed by atoms with Crippen molar-refractivity contribution in [1.82, 2.24) is 15.2 Å². The van der Waals surface area contributed by atoms with Crippen molar-refractivity contribution >= 4 is 21.4 Å². The number of anilines is 1. The normalized spacial score (nSPS) is 18.5. The zero-order valence-electron chi connectivity index (χ0n) is 13.3. The number of sulfone groups is 1. The molecule has 4 rings (SSSR count). The van der Waals surface area contributed by atoms with Crippen LogP contribution >= 0.6 is 0 Å². The zero-order valence-corrected chi connectivity index (χ0v) is 14.1. The minimum absolute atomic E-state index is 0.276. The minimum Gasteiger partial charge on any atom is -0.311 e. The van der Waals surface area contributed by atoms with Crippen LogP contribution in [0.2, 0.25) is 0 Å². The molecule has 1 aromatic carbocycles. The maximum Gasteiger partial charge on any atom is 0.267 e. The molecule has 1 N–H and O–H groups in total. The van der Waals surface area contributed by atoms with Crippen LogP contribution in [-0.2, 0) is 21.1 Å². The summed E-state index contributed by atoms with van der Waals surface area (Å²) in [6, 6.07) is 7.57. The number of nitrogens with one attached hydrogen (secondary N) is 1. The molecule has 24 heavy (non-hydrogen) atoms. The number of amides is 1. The van der Waals surface area contributed by atoms with Crippen LogP contribution in [0.15, 0.2) is 29.4 Å². The molecular weight excluding hydrogens is 328 g/mol. The second kappa shape index (κ2) is 5.41. The monoisotopic (exact) mass is 346 g/mol. The van der Waals surface area contributed by atoms with Crippen LogP contribution in [0.3, 0.4) is 0 Å². The lowest BCUT2D eigenvalue weighted by Gasteiger charge is -2.20. The maximum atomic E-state index is 12.8. The molecule has 1 atom stereocenters. The van der Waals surface area contributed by atoms with Crippen LogP contribution in [0.1, 0.15) is 37.1 Å². The molecule has 0 bridgehead atoms. The lowest BCUT2D eigenvalue weighted by atomic mass is 10.2. The predicted molar refractivity (Wildman–Crippen MR) is 87.5 cm³/mol. The first-order chi connectivity index (χ1) is 11.5. The Hall–Kier alpha value is -2.22. The Morgan fingerprint density at radius 3 is 2.83 bits per heavy atom. The summed E-state index contributed by atoms with van der Waals surface area (Å²) in [6.07, 6.45) is 2.72. The fourth-order valence-corrected chi connectivity index (χ4v) is 4.11. The van der Waals surface area contributed by atoms with Crippen LogP contribution in [0.5, 0.6) is 0 Å². The van der Waals surface area contributed by atoms with Gasteiger partial charge >= 0.3 is 0 Å². The molecule has 1 amide bonds. The van der Waals surface area contributed by atoms with E-state index in [0.717, 1.165) is 30.5 Å². The molecule has 0 radical (unpaired) electrons. The number of rotatable bonds is 4. The highest BCUT2D eigenvalue weighted by Crippen LogP contribution is 2.38. The second-order valence-electron chi connectivity index (χ2n) is 6.33. The van der Waals surface area contributed by atoms with E-state index in [0.29, 0.717) is 12.4 Å². The van der Waals surface area contributed by atoms with Gasteiger partial charge in [0.1, 0.15) is 11.1 Å². The Bertz CT molecular complexity index is 902. The topological polar surface area (TPSA) is 96.0 Å². The van der Waals surface area contributed by atoms with Gasteiger partial charge in [0.05, 0.1) is 0 Å². The second-order valence-corrected chi connectivity index (χ2v) is 8.50. The summed E-state index contributed by atoms with van der Waals surface area (Å²) in [7, 11) is -3.91. The van der Waals surface area contributed by atoms with Crippen molar-refractivity contribution in [2.75, 3.05) is 11.4 Å². The Morgan fingerprint density at radius 2 is 2.08 bits per heavy atom. The van der Waals surface area contributed by atoms with Gasteiger partial charge in [0.15, 0.2) is 0 Å². The lowest BCUT2D eigenvalue weighted by molar-refractivity contribution is -0.117. The molecule has 126 valence electrons. The van der Waals surface area contributed by atoms with Gasteiger partial charge in [-0.3, -0.25) is 9.89 Å². The van der Waals surface area contributed by atoms with Crippen molar-refractivity contribution < 1.29 is 13.2 Å². The van der Waals surface area contributed by atoms with Crippen LogP contribution in [0.25, 0.3) is 0 Å². The van der Waals surface area contributed by atoms with E-state index in [1.165, 1.54) is 6.92 Å². The number of aromatic amines is 1. The maximum absolute atomic E-state index is 12.8. The molecule has 8 heteroatoms. The van der Waals surface area contributed by atoms with Gasteiger partial charge in [-0.15, -0.1) is 5.10 Å². The number of nitrogens with zero attached hydrogens (tertiary/aromatic N) is 3. The van der Waals surface area contributed by atoms with E-state index in [1.54, 1.807) is 4.90 Å². The molecule has 0 unspecified atom stereocenters. The fraction of sp³-hybridized carbons (Fsp3) is 0.438. The van der Waals surface area contributed by atoms with Crippen molar-refractivity contribution in [3.8, 4) is 0 Å². The highest BCUT2D eigenvalue weighted by atomic mass is 32.2. The van der Waals surface area contributed by atoms with Gasteiger partial charge < -0.3 is 4.90 Å². The number of hydrogen-bond acceptors (Lipinski definition) is 5. The van der Waals surface area contributed by atoms with Crippen LogP contribution < -0.4 is 4.90 Å². The third-order valence-electron chi connectivity index (χ3n) is 4.67. The molecule has 2 aliphatic rings. The number of carbonyl (C=O) groups is 1. The number of fused-ring (bicyclic) bond motifs is 1. The van der Waals surface area contributed by atoms with Crippen LogP contribution in [-0.4, -0.2) is 41.3 Å². The lowest BCUT2D eigenvalue weighted by Crippen LogP contribution is -2.41.